The minimum atomic E-state index is -0.927. The molecule has 1 aromatic carbocycles. The van der Waals surface area contributed by atoms with E-state index in [4.69, 9.17) is 4.42 Å². The van der Waals surface area contributed by atoms with E-state index >= 15 is 0 Å². The van der Waals surface area contributed by atoms with Gasteiger partial charge in [-0.05, 0) is 42.3 Å². The molecule has 0 fully saturated rings. The summed E-state index contributed by atoms with van der Waals surface area (Å²) in [6.45, 7) is 3.92. The van der Waals surface area contributed by atoms with Gasteiger partial charge >= 0.3 is 0 Å². The van der Waals surface area contributed by atoms with Crippen LogP contribution in [0.3, 0.4) is 0 Å². The Morgan fingerprint density at radius 3 is 2.65 bits per heavy atom. The Morgan fingerprint density at radius 1 is 1.31 bits per heavy atom. The highest BCUT2D eigenvalue weighted by Gasteiger charge is 2.22. The van der Waals surface area contributed by atoms with Gasteiger partial charge in [0.15, 0.2) is 0 Å². The highest BCUT2D eigenvalue weighted by Crippen LogP contribution is 2.23. The molecule has 2 heterocycles. The molecule has 0 aliphatic carbocycles. The molecular formula is C19H20FN3O3. The van der Waals surface area contributed by atoms with Gasteiger partial charge in [0.1, 0.15) is 17.7 Å². The fraction of sp³-hybridized carbons (Fsp3) is 0.263. The Morgan fingerprint density at radius 2 is 2.04 bits per heavy atom. The van der Waals surface area contributed by atoms with Crippen LogP contribution in [0.4, 0.5) is 4.39 Å². The highest BCUT2D eigenvalue weighted by molar-refractivity contribution is 5.95. The van der Waals surface area contributed by atoms with Crippen molar-refractivity contribution in [1.82, 2.24) is 15.1 Å². The predicted octanol–water partition coefficient (Wildman–Crippen LogP) is 3.19. The van der Waals surface area contributed by atoms with Crippen LogP contribution in [0.15, 0.2) is 53.3 Å². The minimum absolute atomic E-state index is 0.0123. The van der Waals surface area contributed by atoms with Crippen molar-refractivity contribution in [3.63, 3.8) is 0 Å². The van der Waals surface area contributed by atoms with Gasteiger partial charge < -0.3 is 14.8 Å². The molecule has 0 saturated carbocycles. The Hall–Kier alpha value is -2.93. The van der Waals surface area contributed by atoms with Crippen LogP contribution in [0.2, 0.25) is 0 Å². The lowest BCUT2D eigenvalue weighted by atomic mass is 10.0. The largest absolute Gasteiger partial charge is 0.467 e. The molecule has 136 valence electrons. The zero-order valence-electron chi connectivity index (χ0n) is 14.5. The number of nitrogens with one attached hydrogen (secondary N) is 1. The zero-order chi connectivity index (χ0) is 18.7. The summed E-state index contributed by atoms with van der Waals surface area (Å²) in [5.41, 5.74) is 1.79. The molecule has 0 bridgehead atoms. The first-order valence-corrected chi connectivity index (χ1v) is 8.31. The summed E-state index contributed by atoms with van der Waals surface area (Å²) in [6.07, 6.45) is 2.01. The predicted molar refractivity (Wildman–Crippen MR) is 93.6 cm³/mol. The van der Waals surface area contributed by atoms with Crippen LogP contribution in [0.1, 0.15) is 47.7 Å². The van der Waals surface area contributed by atoms with Gasteiger partial charge in [-0.3, -0.25) is 4.79 Å². The fourth-order valence-corrected chi connectivity index (χ4v) is 2.74. The number of furan rings is 1. The summed E-state index contributed by atoms with van der Waals surface area (Å²) < 4.78 is 19.9. The van der Waals surface area contributed by atoms with Gasteiger partial charge in [0.05, 0.1) is 35.9 Å². The summed E-state index contributed by atoms with van der Waals surface area (Å²) >= 11 is 0. The molecule has 7 heteroatoms. The topological polar surface area (TPSA) is 80.3 Å². The van der Waals surface area contributed by atoms with Crippen LogP contribution < -0.4 is 5.32 Å². The number of halogens is 1. The van der Waals surface area contributed by atoms with Gasteiger partial charge in [0.25, 0.3) is 5.91 Å². The molecule has 1 atom stereocenters. The second-order valence-corrected chi connectivity index (χ2v) is 6.23. The Balaban J connectivity index is 1.81. The standard InChI is InChI=1S/C19H20FN3O3/c1-12(2)18-15(10-22-23(18)14-7-5-13(20)6-8-14)19(25)21-11-16(24)17-4-3-9-26-17/h3-10,12,16,24H,11H2,1-2H3,(H,21,25). The summed E-state index contributed by atoms with van der Waals surface area (Å²) in [5.74, 6) is -0.278. The zero-order valence-corrected chi connectivity index (χ0v) is 14.5. The van der Waals surface area contributed by atoms with Gasteiger partial charge in [-0.2, -0.15) is 5.10 Å². The van der Waals surface area contributed by atoms with Crippen LogP contribution in [0.25, 0.3) is 5.69 Å². The number of aliphatic hydroxyl groups is 1. The van der Waals surface area contributed by atoms with Gasteiger partial charge in [0.2, 0.25) is 0 Å². The van der Waals surface area contributed by atoms with Crippen molar-refractivity contribution in [1.29, 1.82) is 0 Å². The molecule has 1 amide bonds. The highest BCUT2D eigenvalue weighted by atomic mass is 19.1. The van der Waals surface area contributed by atoms with E-state index in [-0.39, 0.29) is 24.2 Å². The number of aliphatic hydroxyl groups excluding tert-OH is 1. The number of nitrogens with zero attached hydrogens (tertiary/aromatic N) is 2. The summed E-state index contributed by atoms with van der Waals surface area (Å²) in [6, 6.07) is 9.22. The quantitative estimate of drug-likeness (QED) is 0.710. The SMILES string of the molecule is CC(C)c1c(C(=O)NCC(O)c2ccco2)cnn1-c1ccc(F)cc1. The molecule has 2 aromatic heterocycles. The molecule has 3 aromatic rings. The van der Waals surface area contributed by atoms with Crippen molar-refractivity contribution in [2.75, 3.05) is 6.54 Å². The molecule has 1 unspecified atom stereocenters. The molecule has 2 N–H and O–H groups in total. The maximum absolute atomic E-state index is 13.2. The fourth-order valence-electron chi connectivity index (χ4n) is 2.74. The first-order valence-electron chi connectivity index (χ1n) is 8.31. The lowest BCUT2D eigenvalue weighted by Crippen LogP contribution is -2.29. The number of carbonyl (C=O) groups is 1. The first-order chi connectivity index (χ1) is 12.5. The average molecular weight is 357 g/mol. The normalized spacial score (nSPS) is 12.3. The monoisotopic (exact) mass is 357 g/mol. The van der Waals surface area contributed by atoms with E-state index in [9.17, 15) is 14.3 Å². The lowest BCUT2D eigenvalue weighted by molar-refractivity contribution is 0.0899. The molecule has 0 aliphatic rings. The lowest BCUT2D eigenvalue weighted by Gasteiger charge is -2.14. The van der Waals surface area contributed by atoms with E-state index in [1.165, 1.54) is 24.6 Å². The number of carbonyl (C=O) groups excluding carboxylic acids is 1. The molecule has 0 aliphatic heterocycles. The molecule has 3 rings (SSSR count). The average Bonchev–Trinajstić information content (AvgIpc) is 3.29. The van der Waals surface area contributed by atoms with E-state index in [0.717, 1.165) is 0 Å². The first kappa shape index (κ1) is 17.9. The maximum Gasteiger partial charge on any atom is 0.254 e. The second-order valence-electron chi connectivity index (χ2n) is 6.23. The summed E-state index contributed by atoms with van der Waals surface area (Å²) in [4.78, 5) is 12.6. The van der Waals surface area contributed by atoms with Crippen LogP contribution in [0, 0.1) is 5.82 Å². The third-order valence-corrected chi connectivity index (χ3v) is 4.00. The smallest absolute Gasteiger partial charge is 0.254 e. The van der Waals surface area contributed by atoms with Crippen molar-refractivity contribution in [2.45, 2.75) is 25.9 Å². The third-order valence-electron chi connectivity index (χ3n) is 4.00. The van der Waals surface area contributed by atoms with Gasteiger partial charge in [-0.15, -0.1) is 0 Å². The third kappa shape index (κ3) is 3.67. The van der Waals surface area contributed by atoms with Crippen molar-refractivity contribution in [3.05, 3.63) is 71.7 Å². The van der Waals surface area contributed by atoms with Crippen molar-refractivity contribution < 1.29 is 18.7 Å². The van der Waals surface area contributed by atoms with E-state index in [1.54, 1.807) is 28.9 Å². The number of rotatable bonds is 6. The van der Waals surface area contributed by atoms with E-state index in [0.29, 0.717) is 22.7 Å². The number of benzene rings is 1. The molecule has 0 radical (unpaired) electrons. The summed E-state index contributed by atoms with van der Waals surface area (Å²) in [5, 5.41) is 17.0. The number of hydrogen-bond donors (Lipinski definition) is 2. The van der Waals surface area contributed by atoms with Gasteiger partial charge in [-0.1, -0.05) is 13.8 Å². The molecular weight excluding hydrogens is 337 g/mol. The minimum Gasteiger partial charge on any atom is -0.467 e. The number of hydrogen-bond acceptors (Lipinski definition) is 4. The van der Waals surface area contributed by atoms with E-state index in [2.05, 4.69) is 10.4 Å². The maximum atomic E-state index is 13.2. The van der Waals surface area contributed by atoms with Crippen LogP contribution >= 0.6 is 0 Å². The van der Waals surface area contributed by atoms with E-state index in [1.807, 2.05) is 13.8 Å². The molecule has 0 spiro atoms. The van der Waals surface area contributed by atoms with Crippen molar-refractivity contribution >= 4 is 5.91 Å². The van der Waals surface area contributed by atoms with Crippen molar-refractivity contribution in [2.24, 2.45) is 0 Å². The van der Waals surface area contributed by atoms with Gasteiger partial charge in [0, 0.05) is 0 Å². The molecule has 6 nitrogen and oxygen atoms in total. The Labute approximate surface area is 150 Å². The number of amides is 1. The van der Waals surface area contributed by atoms with Crippen LogP contribution in [-0.4, -0.2) is 27.3 Å². The molecule has 26 heavy (non-hydrogen) atoms. The number of aromatic nitrogens is 2. The summed E-state index contributed by atoms with van der Waals surface area (Å²) in [7, 11) is 0. The Bertz CT molecular complexity index is 870. The Kier molecular flexibility index (Phi) is 5.18. The second kappa shape index (κ2) is 7.53. The van der Waals surface area contributed by atoms with Crippen molar-refractivity contribution in [3.8, 4) is 5.69 Å². The van der Waals surface area contributed by atoms with Gasteiger partial charge in [-0.25, -0.2) is 9.07 Å². The molecule has 0 saturated heterocycles. The van der Waals surface area contributed by atoms with Crippen LogP contribution in [-0.2, 0) is 0 Å². The van der Waals surface area contributed by atoms with E-state index < -0.39 is 6.10 Å². The van der Waals surface area contributed by atoms with Crippen LogP contribution in [0.5, 0.6) is 0 Å².